The Bertz CT molecular complexity index is 3150. The third kappa shape index (κ3) is 5.35. The minimum atomic E-state index is 0.158. The molecule has 0 aliphatic rings. The molecule has 0 amide bonds. The Morgan fingerprint density at radius 3 is 1.69 bits per heavy atom. The number of fused-ring (bicyclic) bond motifs is 6. The van der Waals surface area contributed by atoms with E-state index in [-0.39, 0.29) is 27.3 Å². The first-order chi connectivity index (χ1) is 26.8. The SMILES string of the molecule is [B]c1c([B])c([B])c(-c2cccc(-c3nc(-c4ccccc4)nc(-c4ccc5oc6cccc(-c7cccc8c7oc7ccccc78)c6c5c4)n3)c2)c([B])c1[B]. The zero-order valence-electron chi connectivity index (χ0n) is 29.2. The summed E-state index contributed by atoms with van der Waals surface area (Å²) in [6.45, 7) is 0. The van der Waals surface area contributed by atoms with Gasteiger partial charge in [-0.25, -0.2) is 15.0 Å². The maximum absolute atomic E-state index is 6.46. The normalized spacial score (nSPS) is 11.6. The standard InChI is InChI=1S/C45H22B5N3O2/c46-37-35(38(47)40(49)41(50)39(37)48)24-11-6-12-25(21-24)44-51-43(23-9-2-1-3-10-23)52-45(53-44)26-19-20-33-31(22-26)36-28(14-8-18-34(36)54-33)30-16-7-15-29-27-13-4-5-17-32(27)55-42(29)30/h1-22H. The van der Waals surface area contributed by atoms with Gasteiger partial charge in [0.05, 0.1) is 0 Å². The predicted octanol–water partition coefficient (Wildman–Crippen LogP) is 5.97. The molecule has 0 N–H and O–H groups in total. The zero-order chi connectivity index (χ0) is 37.4. The number of aromatic nitrogens is 3. The van der Waals surface area contributed by atoms with Crippen LogP contribution in [0.4, 0.5) is 0 Å². The van der Waals surface area contributed by atoms with Gasteiger partial charge in [0.15, 0.2) is 17.5 Å². The third-order valence-corrected chi connectivity index (χ3v) is 10.2. The van der Waals surface area contributed by atoms with Crippen molar-refractivity contribution in [2.75, 3.05) is 0 Å². The van der Waals surface area contributed by atoms with Crippen molar-refractivity contribution in [2.45, 2.75) is 0 Å². The van der Waals surface area contributed by atoms with Crippen molar-refractivity contribution in [3.8, 4) is 56.4 Å². The van der Waals surface area contributed by atoms with Gasteiger partial charge in [0, 0.05) is 43.8 Å². The number of rotatable bonds is 5. The van der Waals surface area contributed by atoms with Gasteiger partial charge in [-0.3, -0.25) is 0 Å². The van der Waals surface area contributed by atoms with E-state index in [0.29, 0.717) is 34.2 Å². The molecule has 7 aromatic carbocycles. The summed E-state index contributed by atoms with van der Waals surface area (Å²) in [5.41, 5.74) is 9.69. The van der Waals surface area contributed by atoms with Crippen LogP contribution >= 0.6 is 0 Å². The van der Waals surface area contributed by atoms with Crippen LogP contribution in [-0.4, -0.2) is 54.2 Å². The first-order valence-electron chi connectivity index (χ1n) is 17.6. The van der Waals surface area contributed by atoms with Crippen molar-refractivity contribution in [3.63, 3.8) is 0 Å². The summed E-state index contributed by atoms with van der Waals surface area (Å²) in [5.74, 6) is 1.46. The first-order valence-corrected chi connectivity index (χ1v) is 17.6. The molecule has 3 aromatic heterocycles. The third-order valence-electron chi connectivity index (χ3n) is 10.2. The second-order valence-corrected chi connectivity index (χ2v) is 13.5. The van der Waals surface area contributed by atoms with Gasteiger partial charge in [-0.2, -0.15) is 0 Å². The van der Waals surface area contributed by atoms with Crippen molar-refractivity contribution >= 4 is 110 Å². The zero-order valence-corrected chi connectivity index (χ0v) is 29.2. The highest BCUT2D eigenvalue weighted by Gasteiger charge is 2.20. The Morgan fingerprint density at radius 2 is 0.909 bits per heavy atom. The van der Waals surface area contributed by atoms with Gasteiger partial charge in [-0.1, -0.05) is 108 Å². The van der Waals surface area contributed by atoms with Gasteiger partial charge in [-0.05, 0) is 53.1 Å². The summed E-state index contributed by atoms with van der Waals surface area (Å²) >= 11 is 0. The van der Waals surface area contributed by atoms with Crippen molar-refractivity contribution in [1.29, 1.82) is 0 Å². The van der Waals surface area contributed by atoms with E-state index in [9.17, 15) is 0 Å². The monoisotopic (exact) mass is 691 g/mol. The van der Waals surface area contributed by atoms with Crippen LogP contribution in [0.3, 0.4) is 0 Å². The molecule has 0 aliphatic heterocycles. The highest BCUT2D eigenvalue weighted by atomic mass is 16.3. The molecule has 0 atom stereocenters. The first kappa shape index (κ1) is 33.1. The number of nitrogens with zero attached hydrogens (tertiary/aromatic N) is 3. The van der Waals surface area contributed by atoms with E-state index in [0.717, 1.165) is 66.1 Å². The van der Waals surface area contributed by atoms with Crippen molar-refractivity contribution in [3.05, 3.63) is 133 Å². The molecule has 55 heavy (non-hydrogen) atoms. The van der Waals surface area contributed by atoms with Gasteiger partial charge in [0.1, 0.15) is 61.6 Å². The summed E-state index contributed by atoms with van der Waals surface area (Å²) in [4.78, 5) is 15.0. The van der Waals surface area contributed by atoms with Crippen LogP contribution in [0, 0.1) is 0 Å². The summed E-state index contributed by atoms with van der Waals surface area (Å²) in [6, 6.07) is 43.9. The van der Waals surface area contributed by atoms with Crippen LogP contribution in [0.1, 0.15) is 0 Å². The fourth-order valence-corrected chi connectivity index (χ4v) is 7.47. The minimum absolute atomic E-state index is 0.158. The Kier molecular flexibility index (Phi) is 7.70. The van der Waals surface area contributed by atoms with E-state index in [2.05, 4.69) is 36.4 Å². The van der Waals surface area contributed by atoms with E-state index in [1.54, 1.807) is 0 Å². The highest BCUT2D eigenvalue weighted by Crippen LogP contribution is 2.42. The molecule has 10 heteroatoms. The Hall–Kier alpha value is -6.53. The number of hydrogen-bond donors (Lipinski definition) is 0. The number of benzene rings is 7. The molecule has 0 unspecified atom stereocenters. The van der Waals surface area contributed by atoms with Gasteiger partial charge in [-0.15, -0.1) is 16.4 Å². The van der Waals surface area contributed by atoms with Crippen LogP contribution in [-0.2, 0) is 0 Å². The second kappa shape index (κ2) is 12.8. The van der Waals surface area contributed by atoms with Gasteiger partial charge >= 0.3 is 0 Å². The molecule has 0 aliphatic carbocycles. The predicted molar refractivity (Wildman–Crippen MR) is 229 cm³/mol. The van der Waals surface area contributed by atoms with E-state index in [1.165, 1.54) is 0 Å². The molecule has 0 saturated carbocycles. The Balaban J connectivity index is 1.16. The fourth-order valence-electron chi connectivity index (χ4n) is 7.47. The van der Waals surface area contributed by atoms with Crippen LogP contribution in [0.2, 0.25) is 0 Å². The molecule has 0 fully saturated rings. The van der Waals surface area contributed by atoms with E-state index in [1.807, 2.05) is 97.1 Å². The molecule has 0 spiro atoms. The smallest absolute Gasteiger partial charge is 0.164 e. The number of furan rings is 2. The molecule has 5 nitrogen and oxygen atoms in total. The number of hydrogen-bond acceptors (Lipinski definition) is 5. The topological polar surface area (TPSA) is 65.0 Å². The molecular formula is C45H22B5N3O2. The molecule has 0 saturated heterocycles. The molecule has 0 bridgehead atoms. The Morgan fingerprint density at radius 1 is 0.364 bits per heavy atom. The quantitative estimate of drug-likeness (QED) is 0.208. The van der Waals surface area contributed by atoms with E-state index < -0.39 is 0 Å². The van der Waals surface area contributed by atoms with Crippen LogP contribution < -0.4 is 27.3 Å². The van der Waals surface area contributed by atoms with E-state index in [4.69, 9.17) is 63.0 Å². The lowest BCUT2D eigenvalue weighted by Gasteiger charge is -2.21. The molecule has 244 valence electrons. The summed E-state index contributed by atoms with van der Waals surface area (Å²) in [5, 5.41) is 4.02. The second-order valence-electron chi connectivity index (χ2n) is 13.5. The molecular weight excluding hydrogens is 669 g/mol. The van der Waals surface area contributed by atoms with Gasteiger partial charge in [0.2, 0.25) is 0 Å². The minimum Gasteiger partial charge on any atom is -0.456 e. The van der Waals surface area contributed by atoms with Crippen LogP contribution in [0.25, 0.3) is 100 Å². The molecule has 10 rings (SSSR count). The lowest BCUT2D eigenvalue weighted by Crippen LogP contribution is -2.55. The highest BCUT2D eigenvalue weighted by molar-refractivity contribution is 6.68. The lowest BCUT2D eigenvalue weighted by molar-refractivity contribution is 0.668. The summed E-state index contributed by atoms with van der Waals surface area (Å²) < 4.78 is 12.9. The van der Waals surface area contributed by atoms with E-state index >= 15 is 0 Å². The maximum Gasteiger partial charge on any atom is 0.164 e. The van der Waals surface area contributed by atoms with Gasteiger partial charge < -0.3 is 8.83 Å². The van der Waals surface area contributed by atoms with Crippen LogP contribution in [0.15, 0.2) is 142 Å². The maximum atomic E-state index is 6.46. The van der Waals surface area contributed by atoms with Crippen molar-refractivity contribution < 1.29 is 8.83 Å². The molecule has 10 radical (unpaired) electrons. The van der Waals surface area contributed by atoms with Crippen LogP contribution in [0.5, 0.6) is 0 Å². The van der Waals surface area contributed by atoms with Gasteiger partial charge in [0.25, 0.3) is 0 Å². The van der Waals surface area contributed by atoms with Crippen molar-refractivity contribution in [2.24, 2.45) is 0 Å². The Labute approximate surface area is 322 Å². The number of para-hydroxylation sites is 2. The average Bonchev–Trinajstić information content (AvgIpc) is 3.81. The summed E-state index contributed by atoms with van der Waals surface area (Å²) in [7, 11) is 31.4. The summed E-state index contributed by atoms with van der Waals surface area (Å²) in [6.07, 6.45) is 0. The molecule has 3 heterocycles. The molecule has 10 aromatic rings. The largest absolute Gasteiger partial charge is 0.456 e. The average molecular weight is 691 g/mol. The fraction of sp³-hybridized carbons (Fsp3) is 0. The van der Waals surface area contributed by atoms with Crippen molar-refractivity contribution in [1.82, 2.24) is 15.0 Å². The lowest BCUT2D eigenvalue weighted by atomic mass is 9.59.